The minimum Gasteiger partial charge on any atom is -0.0916 e. The summed E-state index contributed by atoms with van der Waals surface area (Å²) in [6, 6.07) is 0. The number of rotatable bonds is 1. The van der Waals surface area contributed by atoms with Crippen LogP contribution < -0.4 is 0 Å². The standard InChI is InChI=1S/C2H3BrI/c3-1-2-4/h2H,1H2. The highest BCUT2D eigenvalue weighted by atomic mass is 127. The van der Waals surface area contributed by atoms with Gasteiger partial charge in [0.05, 0.1) is 0 Å². The monoisotopic (exact) mass is 233 g/mol. The summed E-state index contributed by atoms with van der Waals surface area (Å²) in [7, 11) is 0. The van der Waals surface area contributed by atoms with Crippen LogP contribution in [-0.2, 0) is 0 Å². The highest BCUT2D eigenvalue weighted by Crippen LogP contribution is 1.91. The molecule has 0 aromatic carbocycles. The van der Waals surface area contributed by atoms with Crippen molar-refractivity contribution in [1.29, 1.82) is 0 Å². The second-order valence-corrected chi connectivity index (χ2v) is 1.84. The maximum absolute atomic E-state index is 3.19. The first-order valence-corrected chi connectivity index (χ1v) is 3.26. The van der Waals surface area contributed by atoms with E-state index in [0.717, 1.165) is 5.33 Å². The van der Waals surface area contributed by atoms with Crippen LogP contribution in [0, 0.1) is 4.43 Å². The van der Waals surface area contributed by atoms with Gasteiger partial charge in [-0.15, -0.1) is 0 Å². The third kappa shape index (κ3) is 3.21. The Hall–Kier alpha value is 1.21. The highest BCUT2D eigenvalue weighted by molar-refractivity contribution is 14.1. The molecular formula is C2H3BrI. The van der Waals surface area contributed by atoms with Crippen molar-refractivity contribution in [2.75, 3.05) is 5.33 Å². The molecule has 0 amide bonds. The van der Waals surface area contributed by atoms with Gasteiger partial charge in [-0.2, -0.15) is 0 Å². The van der Waals surface area contributed by atoms with Crippen molar-refractivity contribution < 1.29 is 0 Å². The zero-order valence-corrected chi connectivity index (χ0v) is 5.78. The van der Waals surface area contributed by atoms with Gasteiger partial charge in [0, 0.05) is 9.76 Å². The fourth-order valence-corrected chi connectivity index (χ4v) is 0. The quantitative estimate of drug-likeness (QED) is 0.480. The third-order valence-corrected chi connectivity index (χ3v) is 2.03. The van der Waals surface area contributed by atoms with E-state index in [-0.39, 0.29) is 0 Å². The van der Waals surface area contributed by atoms with Gasteiger partial charge in [0.15, 0.2) is 0 Å². The lowest BCUT2D eigenvalue weighted by Crippen LogP contribution is -1.49. The van der Waals surface area contributed by atoms with Gasteiger partial charge < -0.3 is 0 Å². The van der Waals surface area contributed by atoms with E-state index in [4.69, 9.17) is 0 Å². The fourth-order valence-electron chi connectivity index (χ4n) is 0. The summed E-state index contributed by atoms with van der Waals surface area (Å²) in [4.78, 5) is 0. The summed E-state index contributed by atoms with van der Waals surface area (Å²) in [6.07, 6.45) is 0. The Morgan fingerprint density at radius 3 is 2.25 bits per heavy atom. The lowest BCUT2D eigenvalue weighted by atomic mass is 11.0. The molecule has 0 saturated heterocycles. The lowest BCUT2D eigenvalue weighted by molar-refractivity contribution is 1.85. The predicted octanol–water partition coefficient (Wildman–Crippen LogP) is 1.98. The van der Waals surface area contributed by atoms with Crippen LogP contribution in [0.2, 0.25) is 0 Å². The van der Waals surface area contributed by atoms with E-state index in [1.807, 2.05) is 4.43 Å². The van der Waals surface area contributed by atoms with E-state index < -0.39 is 0 Å². The van der Waals surface area contributed by atoms with Gasteiger partial charge in [-0.1, -0.05) is 38.5 Å². The second-order valence-electron chi connectivity index (χ2n) is 0.309. The molecule has 0 fully saturated rings. The van der Waals surface area contributed by atoms with Crippen LogP contribution in [-0.4, -0.2) is 5.33 Å². The van der Waals surface area contributed by atoms with Gasteiger partial charge >= 0.3 is 0 Å². The van der Waals surface area contributed by atoms with Crippen LogP contribution >= 0.6 is 38.5 Å². The molecule has 0 N–H and O–H groups in total. The molecule has 2 heteroatoms. The number of halogens is 2. The SMILES string of the molecule is BrC[CH]I. The molecule has 1 radical (unpaired) electrons. The zero-order chi connectivity index (χ0) is 3.41. The summed E-state index contributed by atoms with van der Waals surface area (Å²) in [5, 5.41) is 0.994. The molecule has 4 heavy (non-hydrogen) atoms. The van der Waals surface area contributed by atoms with E-state index in [2.05, 4.69) is 38.5 Å². The van der Waals surface area contributed by atoms with Crippen molar-refractivity contribution in [3.63, 3.8) is 0 Å². The minimum absolute atomic E-state index is 0.994. The van der Waals surface area contributed by atoms with Crippen molar-refractivity contribution in [2.45, 2.75) is 0 Å². The van der Waals surface area contributed by atoms with E-state index in [1.54, 1.807) is 0 Å². The lowest BCUT2D eigenvalue weighted by Gasteiger charge is -1.62. The molecule has 0 aromatic rings. The number of alkyl halides is 1. The molecule has 0 aliphatic carbocycles. The highest BCUT2D eigenvalue weighted by Gasteiger charge is 1.61. The van der Waals surface area contributed by atoms with Crippen LogP contribution in [0.3, 0.4) is 0 Å². The zero-order valence-electron chi connectivity index (χ0n) is 2.04. The Balaban J connectivity index is 1.97. The molecule has 0 saturated carbocycles. The van der Waals surface area contributed by atoms with E-state index in [1.165, 1.54) is 0 Å². The molecule has 0 nitrogen and oxygen atoms in total. The van der Waals surface area contributed by atoms with Crippen molar-refractivity contribution in [3.05, 3.63) is 4.43 Å². The van der Waals surface area contributed by atoms with Gasteiger partial charge in [-0.25, -0.2) is 0 Å². The van der Waals surface area contributed by atoms with Crippen LogP contribution in [0.25, 0.3) is 0 Å². The first kappa shape index (κ1) is 5.21. The Kier molecular flexibility index (Phi) is 5.48. The first-order chi connectivity index (χ1) is 1.91. The van der Waals surface area contributed by atoms with Crippen molar-refractivity contribution in [2.24, 2.45) is 0 Å². The van der Waals surface area contributed by atoms with Crippen LogP contribution in [0.1, 0.15) is 0 Å². The molecule has 0 aromatic heterocycles. The first-order valence-electron chi connectivity index (χ1n) is 0.894. The van der Waals surface area contributed by atoms with Gasteiger partial charge in [0.2, 0.25) is 0 Å². The summed E-state index contributed by atoms with van der Waals surface area (Å²) < 4.78 is 2.01. The maximum Gasteiger partial charge on any atom is 0.0332 e. The van der Waals surface area contributed by atoms with Crippen LogP contribution in [0.4, 0.5) is 0 Å². The predicted molar refractivity (Wildman–Crippen MR) is 32.1 cm³/mol. The van der Waals surface area contributed by atoms with E-state index in [0.29, 0.717) is 0 Å². The molecule has 0 rings (SSSR count). The molecule has 0 spiro atoms. The average molecular weight is 234 g/mol. The summed E-state index contributed by atoms with van der Waals surface area (Å²) in [6.45, 7) is 0. The number of hydrogen-bond acceptors (Lipinski definition) is 0. The Morgan fingerprint density at radius 1 is 2.00 bits per heavy atom. The summed E-state index contributed by atoms with van der Waals surface area (Å²) >= 11 is 5.36. The number of hydrogen-bond donors (Lipinski definition) is 0. The average Bonchev–Trinajstić information content (AvgIpc) is 1.37. The summed E-state index contributed by atoms with van der Waals surface area (Å²) in [5.74, 6) is 0. The van der Waals surface area contributed by atoms with Crippen molar-refractivity contribution in [1.82, 2.24) is 0 Å². The molecule has 0 aliphatic heterocycles. The normalized spacial score (nSPS) is 7.50. The van der Waals surface area contributed by atoms with E-state index in [9.17, 15) is 0 Å². The molecule has 25 valence electrons. The van der Waals surface area contributed by atoms with Gasteiger partial charge in [0.1, 0.15) is 0 Å². The van der Waals surface area contributed by atoms with Gasteiger partial charge in [0.25, 0.3) is 0 Å². The second kappa shape index (κ2) is 4.21. The molecule has 0 atom stereocenters. The minimum atomic E-state index is 0.994. The van der Waals surface area contributed by atoms with Crippen LogP contribution in [0.15, 0.2) is 0 Å². The van der Waals surface area contributed by atoms with Crippen LogP contribution in [0.5, 0.6) is 0 Å². The van der Waals surface area contributed by atoms with Crippen molar-refractivity contribution in [3.8, 4) is 0 Å². The molecular weight excluding hydrogens is 231 g/mol. The largest absolute Gasteiger partial charge is 0.0916 e. The topological polar surface area (TPSA) is 0 Å². The van der Waals surface area contributed by atoms with Crippen molar-refractivity contribution >= 4 is 38.5 Å². The Bertz CT molecular complexity index is 8.00. The molecule has 0 bridgehead atoms. The van der Waals surface area contributed by atoms with Gasteiger partial charge in [-0.3, -0.25) is 0 Å². The fraction of sp³-hybridized carbons (Fsp3) is 0.500. The maximum atomic E-state index is 3.19. The van der Waals surface area contributed by atoms with Gasteiger partial charge in [-0.05, 0) is 0 Å². The Labute approximate surface area is 48.2 Å². The molecule has 0 unspecified atom stereocenters. The Morgan fingerprint density at radius 2 is 2.25 bits per heavy atom. The van der Waals surface area contributed by atoms with E-state index >= 15 is 0 Å². The smallest absolute Gasteiger partial charge is 0.0332 e. The molecule has 0 aliphatic rings. The molecule has 0 heterocycles. The third-order valence-electron chi connectivity index (χ3n) is 0.0583. The summed E-state index contributed by atoms with van der Waals surface area (Å²) in [5.41, 5.74) is 0.